The minimum atomic E-state index is -0.315. The second-order valence-electron chi connectivity index (χ2n) is 6.11. The molecule has 1 aromatic heterocycles. The van der Waals surface area contributed by atoms with Crippen molar-refractivity contribution in [1.29, 1.82) is 0 Å². The van der Waals surface area contributed by atoms with Crippen LogP contribution in [0.25, 0.3) is 0 Å². The van der Waals surface area contributed by atoms with E-state index in [2.05, 4.69) is 12.2 Å². The molecule has 6 heteroatoms. The molecular formula is C19H23NO3S2. The number of hydrogen-bond donors (Lipinski definition) is 1. The van der Waals surface area contributed by atoms with E-state index >= 15 is 0 Å². The topological polar surface area (TPSA) is 55.4 Å². The number of thioether (sulfide) groups is 1. The molecule has 1 aliphatic carbocycles. The highest BCUT2D eigenvalue weighted by atomic mass is 32.2. The highest BCUT2D eigenvalue weighted by molar-refractivity contribution is 7.99. The van der Waals surface area contributed by atoms with Crippen LogP contribution in [0, 0.1) is 0 Å². The first kappa shape index (κ1) is 18.3. The van der Waals surface area contributed by atoms with E-state index in [9.17, 15) is 9.59 Å². The maximum absolute atomic E-state index is 12.8. The zero-order chi connectivity index (χ0) is 17.8. The second kappa shape index (κ2) is 8.23. The largest absolute Gasteiger partial charge is 0.461 e. The molecule has 2 heterocycles. The van der Waals surface area contributed by atoms with E-state index in [1.54, 1.807) is 23.1 Å². The highest BCUT2D eigenvalue weighted by Crippen LogP contribution is 2.43. The normalized spacial score (nSPS) is 20.4. The number of esters is 1. The third-order valence-electron chi connectivity index (χ3n) is 4.49. The van der Waals surface area contributed by atoms with Gasteiger partial charge in [-0.2, -0.15) is 11.8 Å². The van der Waals surface area contributed by atoms with E-state index in [-0.39, 0.29) is 17.7 Å². The Morgan fingerprint density at radius 1 is 1.44 bits per heavy atom. The molecule has 0 unspecified atom stereocenters. The number of dihydropyridines is 1. The van der Waals surface area contributed by atoms with Gasteiger partial charge in [0.05, 0.1) is 11.5 Å². The molecule has 1 N–H and O–H groups in total. The summed E-state index contributed by atoms with van der Waals surface area (Å²) in [4.78, 5) is 26.5. The predicted molar refractivity (Wildman–Crippen MR) is 103 cm³/mol. The molecule has 2 aliphatic rings. The van der Waals surface area contributed by atoms with Crippen molar-refractivity contribution in [2.75, 3.05) is 18.1 Å². The Morgan fingerprint density at radius 3 is 3.00 bits per heavy atom. The zero-order valence-electron chi connectivity index (χ0n) is 14.6. The van der Waals surface area contributed by atoms with E-state index in [0.29, 0.717) is 18.6 Å². The molecule has 25 heavy (non-hydrogen) atoms. The van der Waals surface area contributed by atoms with Crippen LogP contribution in [0.3, 0.4) is 0 Å². The molecule has 134 valence electrons. The number of hydrogen-bond acceptors (Lipinski definition) is 6. The van der Waals surface area contributed by atoms with Gasteiger partial charge in [-0.05, 0) is 37.0 Å². The van der Waals surface area contributed by atoms with Crippen molar-refractivity contribution in [1.82, 2.24) is 5.32 Å². The predicted octanol–water partition coefficient (Wildman–Crippen LogP) is 4.01. The third-order valence-corrected chi connectivity index (χ3v) is 6.29. The molecule has 0 saturated carbocycles. The Labute approximate surface area is 156 Å². The second-order valence-corrected chi connectivity index (χ2v) is 8.49. The Morgan fingerprint density at radius 2 is 2.28 bits per heavy atom. The molecule has 4 nitrogen and oxygen atoms in total. The lowest BCUT2D eigenvalue weighted by Crippen LogP contribution is -2.34. The molecular weight excluding hydrogens is 354 g/mol. The van der Waals surface area contributed by atoms with E-state index in [4.69, 9.17) is 4.74 Å². The van der Waals surface area contributed by atoms with Gasteiger partial charge in [-0.1, -0.05) is 13.0 Å². The third kappa shape index (κ3) is 3.85. The zero-order valence-corrected chi connectivity index (χ0v) is 16.2. The van der Waals surface area contributed by atoms with Crippen molar-refractivity contribution in [2.45, 2.75) is 39.0 Å². The average Bonchev–Trinajstić information content (AvgIpc) is 3.12. The number of allylic oxidation sites excluding steroid dienone is 3. The van der Waals surface area contributed by atoms with Crippen LogP contribution < -0.4 is 5.32 Å². The smallest absolute Gasteiger partial charge is 0.336 e. The van der Waals surface area contributed by atoms with Crippen molar-refractivity contribution in [2.24, 2.45) is 0 Å². The maximum atomic E-state index is 12.8. The van der Waals surface area contributed by atoms with Crippen LogP contribution in [0.2, 0.25) is 0 Å². The van der Waals surface area contributed by atoms with Gasteiger partial charge in [0.1, 0.15) is 6.61 Å². The summed E-state index contributed by atoms with van der Waals surface area (Å²) in [5, 5.41) is 5.30. The van der Waals surface area contributed by atoms with E-state index in [0.717, 1.165) is 46.2 Å². The minimum Gasteiger partial charge on any atom is -0.461 e. The monoisotopic (exact) mass is 377 g/mol. The fraction of sp³-hybridized carbons (Fsp3) is 0.474. The van der Waals surface area contributed by atoms with Gasteiger partial charge >= 0.3 is 5.97 Å². The van der Waals surface area contributed by atoms with Crippen LogP contribution >= 0.6 is 23.1 Å². The van der Waals surface area contributed by atoms with Crippen molar-refractivity contribution in [3.8, 4) is 0 Å². The van der Waals surface area contributed by atoms with Crippen molar-refractivity contribution >= 4 is 34.9 Å². The summed E-state index contributed by atoms with van der Waals surface area (Å²) in [6.07, 6.45) is 2.27. The lowest BCUT2D eigenvalue weighted by Gasteiger charge is -2.33. The molecule has 3 rings (SSSR count). The molecule has 0 spiro atoms. The standard InChI is InChI=1S/C19H23NO3S2/c1-3-24-11-9-23-19(22)16-12(2)20-13-6-4-7-14(21)17(13)18(16)15-8-5-10-25-15/h5,8,10,18,20H,3-4,6-7,9,11H2,1-2H3/t18-/m0/s1. The molecule has 1 aliphatic heterocycles. The van der Waals surface area contributed by atoms with Crippen molar-refractivity contribution < 1.29 is 14.3 Å². The van der Waals surface area contributed by atoms with Gasteiger partial charge in [0, 0.05) is 34.0 Å². The fourth-order valence-corrected chi connectivity index (χ4v) is 4.74. The number of carbonyl (C=O) groups excluding carboxylic acids is 2. The van der Waals surface area contributed by atoms with Crippen LogP contribution in [-0.4, -0.2) is 29.9 Å². The quantitative estimate of drug-likeness (QED) is 0.600. The first-order valence-electron chi connectivity index (χ1n) is 8.65. The summed E-state index contributed by atoms with van der Waals surface area (Å²) in [6, 6.07) is 3.96. The van der Waals surface area contributed by atoms with Gasteiger partial charge < -0.3 is 10.1 Å². The summed E-state index contributed by atoms with van der Waals surface area (Å²) < 4.78 is 5.51. The van der Waals surface area contributed by atoms with Gasteiger partial charge in [0.2, 0.25) is 0 Å². The fourth-order valence-electron chi connectivity index (χ4n) is 3.41. The SMILES string of the molecule is CCSCCOC(=O)C1=C(C)NC2=C(C(=O)CCC2)[C@H]1c1cccs1. The van der Waals surface area contributed by atoms with Gasteiger partial charge in [-0.25, -0.2) is 4.79 Å². The maximum Gasteiger partial charge on any atom is 0.336 e. The van der Waals surface area contributed by atoms with Gasteiger partial charge in [-0.15, -0.1) is 11.3 Å². The summed E-state index contributed by atoms with van der Waals surface area (Å²) in [7, 11) is 0. The van der Waals surface area contributed by atoms with Crippen LogP contribution in [0.5, 0.6) is 0 Å². The molecule has 0 aromatic carbocycles. The molecule has 0 fully saturated rings. The van der Waals surface area contributed by atoms with E-state index in [1.165, 1.54) is 0 Å². The summed E-state index contributed by atoms with van der Waals surface area (Å²) in [5.74, 6) is 1.33. The van der Waals surface area contributed by atoms with E-state index < -0.39 is 0 Å². The number of rotatable bonds is 6. The molecule has 0 saturated heterocycles. The molecule has 1 aromatic rings. The first-order chi connectivity index (χ1) is 12.1. The van der Waals surface area contributed by atoms with Crippen LogP contribution in [-0.2, 0) is 14.3 Å². The van der Waals surface area contributed by atoms with E-state index in [1.807, 2.05) is 24.4 Å². The number of carbonyl (C=O) groups is 2. The Balaban J connectivity index is 1.92. The summed E-state index contributed by atoms with van der Waals surface area (Å²) in [5.41, 5.74) is 3.12. The lowest BCUT2D eigenvalue weighted by molar-refractivity contribution is -0.138. The van der Waals surface area contributed by atoms with Crippen LogP contribution in [0.1, 0.15) is 43.9 Å². The van der Waals surface area contributed by atoms with Gasteiger partial charge in [0.15, 0.2) is 5.78 Å². The minimum absolute atomic E-state index is 0.145. The van der Waals surface area contributed by atoms with Gasteiger partial charge in [-0.3, -0.25) is 4.79 Å². The number of nitrogens with one attached hydrogen (secondary N) is 1. The molecule has 0 bridgehead atoms. The number of ketones is 1. The van der Waals surface area contributed by atoms with Gasteiger partial charge in [0.25, 0.3) is 0 Å². The Kier molecular flexibility index (Phi) is 6.02. The molecule has 0 radical (unpaired) electrons. The summed E-state index contributed by atoms with van der Waals surface area (Å²) >= 11 is 3.33. The number of ether oxygens (including phenoxy) is 1. The first-order valence-corrected chi connectivity index (χ1v) is 10.7. The Hall–Kier alpha value is -1.53. The lowest BCUT2D eigenvalue weighted by atomic mass is 9.78. The molecule has 1 atom stereocenters. The molecule has 0 amide bonds. The summed E-state index contributed by atoms with van der Waals surface area (Å²) in [6.45, 7) is 4.38. The van der Waals surface area contributed by atoms with Crippen LogP contribution in [0.15, 0.2) is 40.1 Å². The Bertz CT molecular complexity index is 719. The van der Waals surface area contributed by atoms with Crippen LogP contribution in [0.4, 0.5) is 0 Å². The number of thiophene rings is 1. The average molecular weight is 378 g/mol. The van der Waals surface area contributed by atoms with Crippen molar-refractivity contribution in [3.05, 3.63) is 44.9 Å². The highest BCUT2D eigenvalue weighted by Gasteiger charge is 2.39. The number of Topliss-reactive ketones (excluding diaryl/α,β-unsaturated/α-hetero) is 1. The van der Waals surface area contributed by atoms with Crippen molar-refractivity contribution in [3.63, 3.8) is 0 Å².